The predicted octanol–water partition coefficient (Wildman–Crippen LogP) is 4.43. The molecule has 43 heavy (non-hydrogen) atoms. The van der Waals surface area contributed by atoms with Crippen molar-refractivity contribution in [1.29, 1.82) is 0 Å². The summed E-state index contributed by atoms with van der Waals surface area (Å²) in [4.78, 5) is 68.5. The molecule has 0 aromatic heterocycles. The number of carbonyl (C=O) groups excluding carboxylic acids is 5. The highest BCUT2D eigenvalue weighted by Crippen LogP contribution is 2.33. The maximum atomic E-state index is 14.1. The van der Waals surface area contributed by atoms with Gasteiger partial charge in [0.2, 0.25) is 5.91 Å². The first kappa shape index (κ1) is 29.2. The first-order valence-corrected chi connectivity index (χ1v) is 14.0. The summed E-state index contributed by atoms with van der Waals surface area (Å²) in [5, 5.41) is 4.39. The van der Waals surface area contributed by atoms with Gasteiger partial charge in [0.05, 0.1) is 17.9 Å². The van der Waals surface area contributed by atoms with Crippen LogP contribution in [0.3, 0.4) is 0 Å². The number of carbonyl (C=O) groups is 5. The number of esters is 1. The number of ketones is 1. The third-order valence-electron chi connectivity index (χ3n) is 7.25. The van der Waals surface area contributed by atoms with Crippen LogP contribution in [-0.4, -0.2) is 48.6 Å². The molecular formula is C34H31N3O6. The molecule has 1 aliphatic rings. The lowest BCUT2D eigenvalue weighted by Gasteiger charge is -2.25. The third-order valence-corrected chi connectivity index (χ3v) is 7.25. The van der Waals surface area contributed by atoms with Gasteiger partial charge in [-0.2, -0.15) is 0 Å². The zero-order valence-electron chi connectivity index (χ0n) is 23.7. The first-order chi connectivity index (χ1) is 20.8. The van der Waals surface area contributed by atoms with Crippen LogP contribution in [0.15, 0.2) is 97.1 Å². The van der Waals surface area contributed by atoms with Gasteiger partial charge in [-0.1, -0.05) is 78.9 Å². The average molecular weight is 578 g/mol. The van der Waals surface area contributed by atoms with Crippen LogP contribution in [0.4, 0.5) is 11.4 Å². The zero-order chi connectivity index (χ0) is 30.3. The summed E-state index contributed by atoms with van der Waals surface area (Å²) in [6.07, 6.45) is -0.0328. The van der Waals surface area contributed by atoms with E-state index in [0.717, 1.165) is 10.9 Å². The van der Waals surface area contributed by atoms with Gasteiger partial charge in [-0.25, -0.2) is 0 Å². The fourth-order valence-electron chi connectivity index (χ4n) is 5.08. The SMILES string of the molecule is CC(=O)CCC(=O)N1C[C@H](NC(=O)c2cccc3ccccc23)C(=O)N(CC(=O)OCc2ccccc2)c2ccccc21. The monoisotopic (exact) mass is 577 g/mol. The number of amides is 3. The quantitative estimate of drug-likeness (QED) is 0.295. The van der Waals surface area contributed by atoms with Crippen LogP contribution in [0, 0.1) is 0 Å². The smallest absolute Gasteiger partial charge is 0.326 e. The number of hydrogen-bond acceptors (Lipinski definition) is 6. The Balaban J connectivity index is 1.47. The highest BCUT2D eigenvalue weighted by molar-refractivity contribution is 6.12. The number of rotatable bonds is 9. The number of ether oxygens (including phenoxy) is 1. The highest BCUT2D eigenvalue weighted by atomic mass is 16.5. The molecule has 0 radical (unpaired) electrons. The van der Waals surface area contributed by atoms with Gasteiger partial charge < -0.3 is 19.7 Å². The molecule has 3 amide bonds. The highest BCUT2D eigenvalue weighted by Gasteiger charge is 2.38. The Hall–Kier alpha value is -5.31. The fraction of sp³-hybridized carbons (Fsp3) is 0.206. The molecule has 1 atom stereocenters. The van der Waals surface area contributed by atoms with Crippen LogP contribution < -0.4 is 15.1 Å². The number of hydrogen-bond donors (Lipinski definition) is 1. The van der Waals surface area contributed by atoms with Crippen LogP contribution in [0.25, 0.3) is 10.8 Å². The summed E-state index contributed by atoms with van der Waals surface area (Å²) in [5.74, 6) is -2.24. The van der Waals surface area contributed by atoms with Gasteiger partial charge in [0.15, 0.2) is 0 Å². The zero-order valence-corrected chi connectivity index (χ0v) is 23.7. The molecule has 0 fully saturated rings. The van der Waals surface area contributed by atoms with E-state index in [0.29, 0.717) is 22.3 Å². The van der Waals surface area contributed by atoms with Crippen LogP contribution in [-0.2, 0) is 30.5 Å². The molecule has 0 saturated heterocycles. The number of fused-ring (bicyclic) bond motifs is 2. The molecule has 9 nitrogen and oxygen atoms in total. The fourth-order valence-corrected chi connectivity index (χ4v) is 5.08. The molecule has 4 aromatic carbocycles. The largest absolute Gasteiger partial charge is 0.459 e. The second-order valence-electron chi connectivity index (χ2n) is 10.3. The van der Waals surface area contributed by atoms with Gasteiger partial charge in [-0.05, 0) is 41.5 Å². The number of nitrogens with zero attached hydrogens (tertiary/aromatic N) is 2. The van der Waals surface area contributed by atoms with Gasteiger partial charge in [0, 0.05) is 18.4 Å². The minimum atomic E-state index is -1.19. The third kappa shape index (κ3) is 6.78. The van der Waals surface area contributed by atoms with Crippen molar-refractivity contribution in [3.8, 4) is 0 Å². The molecule has 0 spiro atoms. The Labute approximate surface area is 249 Å². The van der Waals surface area contributed by atoms with E-state index >= 15 is 0 Å². The number of Topliss-reactive ketones (excluding diaryl/α,β-unsaturated/α-hetero) is 1. The topological polar surface area (TPSA) is 113 Å². The normalized spacial score (nSPS) is 14.5. The molecule has 218 valence electrons. The molecule has 0 saturated carbocycles. The summed E-state index contributed by atoms with van der Waals surface area (Å²) in [7, 11) is 0. The van der Waals surface area contributed by atoms with Crippen molar-refractivity contribution in [2.45, 2.75) is 32.4 Å². The Bertz CT molecular complexity index is 1680. The Kier molecular flexibility index (Phi) is 8.90. The van der Waals surface area contributed by atoms with E-state index in [-0.39, 0.29) is 37.7 Å². The van der Waals surface area contributed by atoms with Crippen molar-refractivity contribution in [2.75, 3.05) is 22.9 Å². The first-order valence-electron chi connectivity index (χ1n) is 14.0. The molecular weight excluding hydrogens is 546 g/mol. The molecule has 1 heterocycles. The van der Waals surface area contributed by atoms with E-state index in [9.17, 15) is 24.0 Å². The van der Waals surface area contributed by atoms with E-state index in [1.165, 1.54) is 16.7 Å². The van der Waals surface area contributed by atoms with E-state index in [1.54, 1.807) is 36.4 Å². The van der Waals surface area contributed by atoms with Crippen LogP contribution in [0.2, 0.25) is 0 Å². The van der Waals surface area contributed by atoms with Crippen molar-refractivity contribution in [3.05, 3.63) is 108 Å². The number of nitrogens with one attached hydrogen (secondary N) is 1. The Morgan fingerprint density at radius 2 is 1.49 bits per heavy atom. The van der Waals surface area contributed by atoms with Crippen molar-refractivity contribution >= 4 is 51.6 Å². The molecule has 1 N–H and O–H groups in total. The lowest BCUT2D eigenvalue weighted by molar-refractivity contribution is -0.144. The van der Waals surface area contributed by atoms with Crippen molar-refractivity contribution in [1.82, 2.24) is 5.32 Å². The molecule has 9 heteroatoms. The van der Waals surface area contributed by atoms with Crippen LogP contribution in [0.5, 0.6) is 0 Å². The summed E-state index contributed by atoms with van der Waals surface area (Å²) in [5.41, 5.74) is 1.88. The maximum absolute atomic E-state index is 14.1. The van der Waals surface area contributed by atoms with Crippen molar-refractivity contribution in [3.63, 3.8) is 0 Å². The predicted molar refractivity (Wildman–Crippen MR) is 163 cm³/mol. The average Bonchev–Trinajstić information content (AvgIpc) is 3.13. The number of para-hydroxylation sites is 2. The molecule has 4 aromatic rings. The maximum Gasteiger partial charge on any atom is 0.326 e. The van der Waals surface area contributed by atoms with Gasteiger partial charge in [0.1, 0.15) is 25.0 Å². The van der Waals surface area contributed by atoms with E-state index < -0.39 is 30.4 Å². The second kappa shape index (κ2) is 13.1. The minimum absolute atomic E-state index is 0.0280. The summed E-state index contributed by atoms with van der Waals surface area (Å²) in [6, 6.07) is 27.4. The molecule has 0 unspecified atom stereocenters. The summed E-state index contributed by atoms with van der Waals surface area (Å²) < 4.78 is 5.47. The molecule has 0 aliphatic carbocycles. The van der Waals surface area contributed by atoms with Gasteiger partial charge >= 0.3 is 5.97 Å². The molecule has 0 bridgehead atoms. The Morgan fingerprint density at radius 1 is 0.814 bits per heavy atom. The summed E-state index contributed by atoms with van der Waals surface area (Å²) >= 11 is 0. The molecule has 5 rings (SSSR count). The van der Waals surface area contributed by atoms with Gasteiger partial charge in [0.25, 0.3) is 11.8 Å². The van der Waals surface area contributed by atoms with Crippen LogP contribution in [0.1, 0.15) is 35.7 Å². The van der Waals surface area contributed by atoms with E-state index in [4.69, 9.17) is 4.74 Å². The van der Waals surface area contributed by atoms with Gasteiger partial charge in [-0.15, -0.1) is 0 Å². The summed E-state index contributed by atoms with van der Waals surface area (Å²) in [6.45, 7) is 0.820. The van der Waals surface area contributed by atoms with E-state index in [2.05, 4.69) is 5.32 Å². The van der Waals surface area contributed by atoms with Crippen molar-refractivity contribution < 1.29 is 28.7 Å². The van der Waals surface area contributed by atoms with Gasteiger partial charge in [-0.3, -0.25) is 24.1 Å². The van der Waals surface area contributed by atoms with Crippen molar-refractivity contribution in [2.24, 2.45) is 0 Å². The molecule has 1 aliphatic heterocycles. The lowest BCUT2D eigenvalue weighted by atomic mass is 10.0. The van der Waals surface area contributed by atoms with E-state index in [1.807, 2.05) is 60.7 Å². The minimum Gasteiger partial charge on any atom is -0.459 e. The lowest BCUT2D eigenvalue weighted by Crippen LogP contribution is -2.53. The standard InChI is InChI=1S/C34H31N3O6/c1-23(38)18-19-31(39)36-20-28(35-33(41)27-15-9-13-25-12-5-6-14-26(25)27)34(42)37(30-17-8-7-16-29(30)36)21-32(40)43-22-24-10-3-2-4-11-24/h2-17,28H,18-22H2,1H3,(H,35,41)/t28-/m0/s1. The Morgan fingerprint density at radius 3 is 2.26 bits per heavy atom. The van der Waals surface area contributed by atoms with Crippen LogP contribution >= 0.6 is 0 Å². The number of benzene rings is 4. The second-order valence-corrected chi connectivity index (χ2v) is 10.3. The number of anilines is 2.